The van der Waals surface area contributed by atoms with Crippen molar-refractivity contribution >= 4 is 40.9 Å². The standard InChI is InChI=1S/C22H23N3O4S/c1-12(26)23-13-9-10-17(29-4)16(11-13)24-19(27)18-22(2,3)30-21-15-8-6-5-7-14(15)20(28)25(18)21/h5-11,18,21H,1-4H3,(H,23,26)(H,24,27). The molecule has 2 N–H and O–H groups in total. The Morgan fingerprint density at radius 3 is 2.57 bits per heavy atom. The Balaban J connectivity index is 1.65. The van der Waals surface area contributed by atoms with Crippen LogP contribution in [-0.2, 0) is 9.59 Å². The van der Waals surface area contributed by atoms with E-state index in [1.165, 1.54) is 14.0 Å². The zero-order valence-electron chi connectivity index (χ0n) is 17.2. The van der Waals surface area contributed by atoms with E-state index in [-0.39, 0.29) is 23.1 Å². The van der Waals surface area contributed by atoms with Gasteiger partial charge in [0.15, 0.2) is 0 Å². The molecule has 1 fully saturated rings. The Morgan fingerprint density at radius 2 is 1.87 bits per heavy atom. The molecule has 2 heterocycles. The van der Waals surface area contributed by atoms with Crippen molar-refractivity contribution in [2.45, 2.75) is 36.9 Å². The minimum atomic E-state index is -0.665. The van der Waals surface area contributed by atoms with Crippen LogP contribution in [-0.4, -0.2) is 40.5 Å². The molecule has 1 saturated heterocycles. The van der Waals surface area contributed by atoms with E-state index in [1.807, 2.05) is 32.0 Å². The number of methoxy groups -OCH3 is 1. The maximum absolute atomic E-state index is 13.4. The fourth-order valence-electron chi connectivity index (χ4n) is 4.09. The lowest BCUT2D eigenvalue weighted by Gasteiger charge is -2.29. The molecule has 3 amide bonds. The van der Waals surface area contributed by atoms with E-state index < -0.39 is 10.8 Å². The molecule has 30 heavy (non-hydrogen) atoms. The molecule has 2 aliphatic heterocycles. The van der Waals surface area contributed by atoms with Gasteiger partial charge in [-0.05, 0) is 43.7 Å². The van der Waals surface area contributed by atoms with Crippen molar-refractivity contribution in [2.24, 2.45) is 0 Å². The van der Waals surface area contributed by atoms with Crippen LogP contribution in [0.25, 0.3) is 0 Å². The van der Waals surface area contributed by atoms with E-state index >= 15 is 0 Å². The van der Waals surface area contributed by atoms with E-state index in [2.05, 4.69) is 10.6 Å². The summed E-state index contributed by atoms with van der Waals surface area (Å²) in [5.41, 5.74) is 2.57. The SMILES string of the molecule is COc1ccc(NC(C)=O)cc1NC(=O)C1N2C(=O)c3ccccc3C2SC1(C)C. The summed E-state index contributed by atoms with van der Waals surface area (Å²) >= 11 is 1.61. The van der Waals surface area contributed by atoms with Gasteiger partial charge in [-0.1, -0.05) is 18.2 Å². The van der Waals surface area contributed by atoms with Crippen LogP contribution in [0.1, 0.15) is 42.1 Å². The van der Waals surface area contributed by atoms with Crippen molar-refractivity contribution in [1.29, 1.82) is 0 Å². The number of fused-ring (bicyclic) bond motifs is 3. The Morgan fingerprint density at radius 1 is 1.13 bits per heavy atom. The molecular formula is C22H23N3O4S. The highest BCUT2D eigenvalue weighted by Crippen LogP contribution is 2.56. The van der Waals surface area contributed by atoms with Crippen molar-refractivity contribution in [2.75, 3.05) is 17.7 Å². The number of hydrogen-bond donors (Lipinski definition) is 2. The number of benzene rings is 2. The molecule has 0 bridgehead atoms. The summed E-state index contributed by atoms with van der Waals surface area (Å²) in [5.74, 6) is -0.176. The first-order valence-corrected chi connectivity index (χ1v) is 10.5. The Bertz CT molecular complexity index is 1050. The molecule has 156 valence electrons. The molecule has 0 radical (unpaired) electrons. The summed E-state index contributed by atoms with van der Waals surface area (Å²) in [5, 5.41) is 5.42. The van der Waals surface area contributed by atoms with Crippen molar-refractivity contribution in [3.63, 3.8) is 0 Å². The fourth-order valence-corrected chi connectivity index (χ4v) is 5.68. The van der Waals surface area contributed by atoms with Gasteiger partial charge in [0.05, 0.1) is 12.8 Å². The summed E-state index contributed by atoms with van der Waals surface area (Å²) in [6, 6.07) is 11.8. The van der Waals surface area contributed by atoms with Crippen LogP contribution in [0, 0.1) is 0 Å². The van der Waals surface area contributed by atoms with Crippen LogP contribution >= 0.6 is 11.8 Å². The summed E-state index contributed by atoms with van der Waals surface area (Å²) in [7, 11) is 1.51. The maximum atomic E-state index is 13.4. The Kier molecular flexibility index (Phi) is 4.97. The molecule has 0 saturated carbocycles. The fraction of sp³-hybridized carbons (Fsp3) is 0.318. The average molecular weight is 426 g/mol. The van der Waals surface area contributed by atoms with E-state index in [1.54, 1.807) is 40.9 Å². The molecular weight excluding hydrogens is 402 g/mol. The second-order valence-corrected chi connectivity index (χ2v) is 9.60. The lowest BCUT2D eigenvalue weighted by molar-refractivity contribution is -0.121. The number of anilines is 2. The number of rotatable bonds is 4. The molecule has 0 aromatic heterocycles. The zero-order valence-corrected chi connectivity index (χ0v) is 18.0. The monoisotopic (exact) mass is 425 g/mol. The lowest BCUT2D eigenvalue weighted by atomic mass is 10.0. The first-order valence-electron chi connectivity index (χ1n) is 9.59. The Hall–Kier alpha value is -3.00. The minimum absolute atomic E-state index is 0.132. The highest BCUT2D eigenvalue weighted by molar-refractivity contribution is 8.01. The minimum Gasteiger partial charge on any atom is -0.495 e. The van der Waals surface area contributed by atoms with Gasteiger partial charge in [0.1, 0.15) is 17.2 Å². The van der Waals surface area contributed by atoms with Crippen LogP contribution in [0.15, 0.2) is 42.5 Å². The number of carbonyl (C=O) groups excluding carboxylic acids is 3. The van der Waals surface area contributed by atoms with Gasteiger partial charge >= 0.3 is 0 Å². The smallest absolute Gasteiger partial charge is 0.256 e. The third-order valence-corrected chi connectivity index (χ3v) is 6.86. The molecule has 2 aromatic rings. The second-order valence-electron chi connectivity index (χ2n) is 7.86. The van der Waals surface area contributed by atoms with Crippen LogP contribution in [0.4, 0.5) is 11.4 Å². The Labute approximate surface area is 179 Å². The predicted octanol–water partition coefficient (Wildman–Crippen LogP) is 3.64. The number of thioether (sulfide) groups is 1. The van der Waals surface area contributed by atoms with E-state index in [9.17, 15) is 14.4 Å². The van der Waals surface area contributed by atoms with Crippen LogP contribution < -0.4 is 15.4 Å². The van der Waals surface area contributed by atoms with Gasteiger partial charge in [-0.2, -0.15) is 0 Å². The van der Waals surface area contributed by atoms with Crippen LogP contribution in [0.2, 0.25) is 0 Å². The number of ether oxygens (including phenoxy) is 1. The number of nitrogens with one attached hydrogen (secondary N) is 2. The summed E-state index contributed by atoms with van der Waals surface area (Å²) in [4.78, 5) is 39.6. The third-order valence-electron chi connectivity index (χ3n) is 5.32. The maximum Gasteiger partial charge on any atom is 0.256 e. The lowest BCUT2D eigenvalue weighted by Crippen LogP contribution is -2.50. The highest BCUT2D eigenvalue weighted by Gasteiger charge is 2.57. The van der Waals surface area contributed by atoms with Crippen molar-refractivity contribution in [1.82, 2.24) is 4.90 Å². The first-order chi connectivity index (χ1) is 14.2. The molecule has 2 aliphatic rings. The summed E-state index contributed by atoms with van der Waals surface area (Å²) in [6.07, 6.45) is 0. The largest absolute Gasteiger partial charge is 0.495 e. The first kappa shape index (κ1) is 20.3. The van der Waals surface area contributed by atoms with Crippen LogP contribution in [0.3, 0.4) is 0 Å². The van der Waals surface area contributed by atoms with Gasteiger partial charge in [0.25, 0.3) is 5.91 Å². The molecule has 0 aliphatic carbocycles. The van der Waals surface area contributed by atoms with Gasteiger partial charge in [0.2, 0.25) is 11.8 Å². The van der Waals surface area contributed by atoms with Gasteiger partial charge < -0.3 is 20.3 Å². The average Bonchev–Trinajstić information content (AvgIpc) is 3.11. The van der Waals surface area contributed by atoms with E-state index in [0.717, 1.165) is 5.56 Å². The highest BCUT2D eigenvalue weighted by atomic mass is 32.2. The number of carbonyl (C=O) groups is 3. The van der Waals surface area contributed by atoms with Gasteiger partial charge in [0, 0.05) is 22.9 Å². The number of amides is 3. The summed E-state index contributed by atoms with van der Waals surface area (Å²) in [6.45, 7) is 5.36. The van der Waals surface area contributed by atoms with Crippen molar-refractivity contribution in [3.05, 3.63) is 53.6 Å². The zero-order chi connectivity index (χ0) is 21.6. The molecule has 2 aromatic carbocycles. The van der Waals surface area contributed by atoms with Crippen molar-refractivity contribution in [3.8, 4) is 5.75 Å². The molecule has 8 heteroatoms. The van der Waals surface area contributed by atoms with E-state index in [4.69, 9.17) is 4.74 Å². The normalized spacial score (nSPS) is 21.1. The number of hydrogen-bond acceptors (Lipinski definition) is 5. The topological polar surface area (TPSA) is 87.7 Å². The summed E-state index contributed by atoms with van der Waals surface area (Å²) < 4.78 is 4.88. The molecule has 2 atom stereocenters. The van der Waals surface area contributed by atoms with Crippen molar-refractivity contribution < 1.29 is 19.1 Å². The van der Waals surface area contributed by atoms with Gasteiger partial charge in [-0.25, -0.2) is 0 Å². The third kappa shape index (κ3) is 3.31. The van der Waals surface area contributed by atoms with Crippen LogP contribution in [0.5, 0.6) is 5.75 Å². The number of nitrogens with zero attached hydrogens (tertiary/aromatic N) is 1. The van der Waals surface area contributed by atoms with Gasteiger partial charge in [-0.3, -0.25) is 14.4 Å². The molecule has 7 nitrogen and oxygen atoms in total. The van der Waals surface area contributed by atoms with Gasteiger partial charge in [-0.15, -0.1) is 11.8 Å². The quantitative estimate of drug-likeness (QED) is 0.781. The molecule has 0 spiro atoms. The predicted molar refractivity (Wildman–Crippen MR) is 117 cm³/mol. The molecule has 2 unspecified atom stereocenters. The second kappa shape index (κ2) is 7.36. The molecule has 4 rings (SSSR count). The van der Waals surface area contributed by atoms with E-state index in [0.29, 0.717) is 22.7 Å².